The van der Waals surface area contributed by atoms with Crippen molar-refractivity contribution in [2.45, 2.75) is 57.6 Å². The fraction of sp³-hybridized carbons (Fsp3) is 0.417. The van der Waals surface area contributed by atoms with Gasteiger partial charge in [0.15, 0.2) is 0 Å². The van der Waals surface area contributed by atoms with Gasteiger partial charge in [0, 0.05) is 24.6 Å². The number of hydrogen-bond donors (Lipinski definition) is 2. The number of benzene rings is 1. The Labute approximate surface area is 185 Å². The zero-order valence-electron chi connectivity index (χ0n) is 18.3. The Balaban J connectivity index is 1.39. The molecule has 166 valence electrons. The van der Waals surface area contributed by atoms with Crippen molar-refractivity contribution in [3.63, 3.8) is 0 Å². The highest BCUT2D eigenvalue weighted by molar-refractivity contribution is 5.95. The molecule has 2 aromatic heterocycles. The number of aromatic nitrogens is 4. The molecule has 1 amide bonds. The van der Waals surface area contributed by atoms with Crippen LogP contribution in [0.3, 0.4) is 0 Å². The second kappa shape index (κ2) is 7.70. The third-order valence-corrected chi connectivity index (χ3v) is 6.87. The number of H-pyrrole nitrogens is 1. The number of aliphatic hydroxyl groups is 1. The van der Waals surface area contributed by atoms with Crippen LogP contribution in [0.1, 0.15) is 59.1 Å². The zero-order chi connectivity index (χ0) is 22.5. The standard InChI is InChI=1S/C24H27N5O3/c1-15-13-24(32,17-7-4-3-5-8-17)11-12-28(15)22(31)19-14-25-29(16(19)2)23-26-20-10-6-9-18(20)21(30)27-23/h3-5,7-8,14-15,32H,6,9-13H2,1-2H3,(H,26,27,30). The van der Waals surface area contributed by atoms with Gasteiger partial charge < -0.3 is 10.0 Å². The van der Waals surface area contributed by atoms with E-state index in [0.29, 0.717) is 36.6 Å². The van der Waals surface area contributed by atoms with Gasteiger partial charge in [-0.2, -0.15) is 5.10 Å². The fourth-order valence-electron chi connectivity index (χ4n) is 5.06. The van der Waals surface area contributed by atoms with Crippen LogP contribution in [0.5, 0.6) is 0 Å². The van der Waals surface area contributed by atoms with Crippen LogP contribution in [0, 0.1) is 6.92 Å². The topological polar surface area (TPSA) is 104 Å². The molecule has 0 spiro atoms. The predicted molar refractivity (Wildman–Crippen MR) is 119 cm³/mol. The van der Waals surface area contributed by atoms with Gasteiger partial charge in [0.1, 0.15) is 0 Å². The highest BCUT2D eigenvalue weighted by Gasteiger charge is 2.40. The Morgan fingerprint density at radius 1 is 1.25 bits per heavy atom. The number of nitrogens with zero attached hydrogens (tertiary/aromatic N) is 4. The quantitative estimate of drug-likeness (QED) is 0.659. The maximum Gasteiger partial charge on any atom is 0.257 e. The first-order chi connectivity index (χ1) is 15.4. The number of carbonyl (C=O) groups is 1. The summed E-state index contributed by atoms with van der Waals surface area (Å²) in [5.74, 6) is 0.220. The second-order valence-corrected chi connectivity index (χ2v) is 8.92. The Hall–Kier alpha value is -3.26. The van der Waals surface area contributed by atoms with Gasteiger partial charge in [-0.3, -0.25) is 14.6 Å². The van der Waals surface area contributed by atoms with Crippen molar-refractivity contribution in [1.29, 1.82) is 0 Å². The average Bonchev–Trinajstić information content (AvgIpc) is 3.41. The van der Waals surface area contributed by atoms with Crippen molar-refractivity contribution in [2.24, 2.45) is 0 Å². The van der Waals surface area contributed by atoms with Gasteiger partial charge in [-0.15, -0.1) is 0 Å². The molecule has 8 heteroatoms. The summed E-state index contributed by atoms with van der Waals surface area (Å²) in [5.41, 5.74) is 2.49. The van der Waals surface area contributed by atoms with Crippen LogP contribution in [0.25, 0.3) is 5.95 Å². The van der Waals surface area contributed by atoms with E-state index < -0.39 is 5.60 Å². The molecular formula is C24H27N5O3. The maximum atomic E-state index is 13.4. The first-order valence-electron chi connectivity index (χ1n) is 11.1. The molecule has 0 radical (unpaired) electrons. The van der Waals surface area contributed by atoms with Crippen molar-refractivity contribution in [1.82, 2.24) is 24.6 Å². The lowest BCUT2D eigenvalue weighted by Gasteiger charge is -2.43. The Morgan fingerprint density at radius 3 is 2.78 bits per heavy atom. The smallest absolute Gasteiger partial charge is 0.257 e. The molecule has 1 saturated heterocycles. The molecule has 32 heavy (non-hydrogen) atoms. The second-order valence-electron chi connectivity index (χ2n) is 8.92. The monoisotopic (exact) mass is 433 g/mol. The van der Waals surface area contributed by atoms with Gasteiger partial charge in [0.2, 0.25) is 5.95 Å². The minimum absolute atomic E-state index is 0.125. The van der Waals surface area contributed by atoms with Crippen molar-refractivity contribution < 1.29 is 9.90 Å². The summed E-state index contributed by atoms with van der Waals surface area (Å²) >= 11 is 0. The van der Waals surface area contributed by atoms with E-state index in [1.807, 2.05) is 44.2 Å². The summed E-state index contributed by atoms with van der Waals surface area (Å²) in [6, 6.07) is 9.50. The molecule has 1 fully saturated rings. The molecule has 1 aliphatic carbocycles. The summed E-state index contributed by atoms with van der Waals surface area (Å²) in [6.45, 7) is 4.22. The molecule has 1 aliphatic heterocycles. The lowest BCUT2D eigenvalue weighted by atomic mass is 9.81. The summed E-state index contributed by atoms with van der Waals surface area (Å²) < 4.78 is 1.53. The lowest BCUT2D eigenvalue weighted by Crippen LogP contribution is -2.50. The van der Waals surface area contributed by atoms with Gasteiger partial charge in [0.25, 0.3) is 11.5 Å². The molecule has 1 aromatic carbocycles. The molecule has 3 heterocycles. The summed E-state index contributed by atoms with van der Waals surface area (Å²) in [6.07, 6.45) is 4.94. The van der Waals surface area contributed by atoms with E-state index in [-0.39, 0.29) is 17.5 Å². The number of nitrogens with one attached hydrogen (secondary N) is 1. The molecule has 2 atom stereocenters. The molecule has 2 unspecified atom stereocenters. The lowest BCUT2D eigenvalue weighted by molar-refractivity contribution is -0.0401. The van der Waals surface area contributed by atoms with Gasteiger partial charge in [-0.1, -0.05) is 30.3 Å². The molecule has 5 rings (SSSR count). The third-order valence-electron chi connectivity index (χ3n) is 6.87. The van der Waals surface area contributed by atoms with E-state index >= 15 is 0 Å². The van der Waals surface area contributed by atoms with Gasteiger partial charge in [-0.25, -0.2) is 9.67 Å². The predicted octanol–water partition coefficient (Wildman–Crippen LogP) is 2.27. The van der Waals surface area contributed by atoms with Crippen molar-refractivity contribution >= 4 is 5.91 Å². The van der Waals surface area contributed by atoms with Gasteiger partial charge in [0.05, 0.1) is 28.7 Å². The molecule has 0 bridgehead atoms. The van der Waals surface area contributed by atoms with E-state index in [0.717, 1.165) is 36.1 Å². The zero-order valence-corrected chi connectivity index (χ0v) is 18.3. The number of piperidine rings is 1. The first-order valence-corrected chi connectivity index (χ1v) is 11.1. The van der Waals surface area contributed by atoms with Crippen LogP contribution in [0.4, 0.5) is 0 Å². The van der Waals surface area contributed by atoms with Crippen LogP contribution in [0.15, 0.2) is 41.3 Å². The molecule has 3 aromatic rings. The van der Waals surface area contributed by atoms with E-state index in [1.54, 1.807) is 4.90 Å². The Morgan fingerprint density at radius 2 is 2.03 bits per heavy atom. The highest BCUT2D eigenvalue weighted by Crippen LogP contribution is 2.36. The third kappa shape index (κ3) is 3.35. The SMILES string of the molecule is Cc1c(C(=O)N2CCC(O)(c3ccccc3)CC2C)cnn1-c1nc2c(c(=O)[nH]1)CCC2. The number of aryl methyl sites for hydroxylation is 1. The Bertz CT molecular complexity index is 1230. The largest absolute Gasteiger partial charge is 0.385 e. The minimum atomic E-state index is -0.940. The van der Waals surface area contributed by atoms with E-state index in [4.69, 9.17) is 0 Å². The summed E-state index contributed by atoms with van der Waals surface area (Å²) in [7, 11) is 0. The minimum Gasteiger partial charge on any atom is -0.385 e. The number of aromatic amines is 1. The number of fused-ring (bicyclic) bond motifs is 1. The maximum absolute atomic E-state index is 13.4. The van der Waals surface area contributed by atoms with Crippen LogP contribution >= 0.6 is 0 Å². The Kier molecular flexibility index (Phi) is 4.97. The van der Waals surface area contributed by atoms with Crippen molar-refractivity contribution in [3.05, 3.63) is 75.0 Å². The molecule has 8 nitrogen and oxygen atoms in total. The van der Waals surface area contributed by atoms with Crippen LogP contribution in [-0.4, -0.2) is 48.2 Å². The van der Waals surface area contributed by atoms with Crippen LogP contribution in [-0.2, 0) is 18.4 Å². The molecule has 0 saturated carbocycles. The van der Waals surface area contributed by atoms with Crippen LogP contribution < -0.4 is 5.56 Å². The highest BCUT2D eigenvalue weighted by atomic mass is 16.3. The average molecular weight is 434 g/mol. The van der Waals surface area contributed by atoms with Crippen LogP contribution in [0.2, 0.25) is 0 Å². The summed E-state index contributed by atoms with van der Waals surface area (Å²) in [5, 5.41) is 15.6. The first kappa shape index (κ1) is 20.6. The normalized spacial score (nSPS) is 22.7. The van der Waals surface area contributed by atoms with E-state index in [9.17, 15) is 14.7 Å². The molecule has 2 aliphatic rings. The van der Waals surface area contributed by atoms with Crippen molar-refractivity contribution in [2.75, 3.05) is 6.54 Å². The molecule has 2 N–H and O–H groups in total. The molecular weight excluding hydrogens is 406 g/mol. The number of amides is 1. The fourth-order valence-corrected chi connectivity index (χ4v) is 5.06. The number of rotatable bonds is 3. The number of carbonyl (C=O) groups excluding carboxylic acids is 1. The van der Waals surface area contributed by atoms with E-state index in [1.165, 1.54) is 10.9 Å². The number of likely N-dealkylation sites (tertiary alicyclic amines) is 1. The van der Waals surface area contributed by atoms with E-state index in [2.05, 4.69) is 15.1 Å². The number of hydrogen-bond acceptors (Lipinski definition) is 5. The van der Waals surface area contributed by atoms with Gasteiger partial charge >= 0.3 is 0 Å². The summed E-state index contributed by atoms with van der Waals surface area (Å²) in [4.78, 5) is 35.0. The van der Waals surface area contributed by atoms with Crippen molar-refractivity contribution in [3.8, 4) is 5.95 Å². The van der Waals surface area contributed by atoms with Gasteiger partial charge in [-0.05, 0) is 45.1 Å².